The van der Waals surface area contributed by atoms with Gasteiger partial charge in [-0.05, 0) is 35.9 Å². The van der Waals surface area contributed by atoms with E-state index in [1.54, 1.807) is 11.8 Å². The lowest BCUT2D eigenvalue weighted by Gasteiger charge is -2.13. The van der Waals surface area contributed by atoms with E-state index < -0.39 is 0 Å². The molecule has 2 N–H and O–H groups in total. The molecule has 0 bridgehead atoms. The smallest absolute Gasteiger partial charge is 0.125 e. The number of ether oxygens (including phenoxy) is 1. The van der Waals surface area contributed by atoms with Gasteiger partial charge in [0.15, 0.2) is 0 Å². The minimum absolute atomic E-state index is 0.206. The fraction of sp³-hybridized carbons (Fsp3) is 0.500. The van der Waals surface area contributed by atoms with Crippen molar-refractivity contribution in [3.63, 3.8) is 0 Å². The summed E-state index contributed by atoms with van der Waals surface area (Å²) in [6, 6.07) is 4.48. The van der Waals surface area contributed by atoms with E-state index in [-0.39, 0.29) is 6.04 Å². The molecule has 1 unspecified atom stereocenters. The van der Waals surface area contributed by atoms with Gasteiger partial charge in [-0.1, -0.05) is 15.9 Å². The van der Waals surface area contributed by atoms with Gasteiger partial charge in [0.2, 0.25) is 0 Å². The third kappa shape index (κ3) is 2.73. The highest BCUT2D eigenvalue weighted by Crippen LogP contribution is 2.33. The lowest BCUT2D eigenvalue weighted by atomic mass is 10.0. The maximum Gasteiger partial charge on any atom is 0.125 e. The molecule has 0 aromatic heterocycles. The zero-order chi connectivity index (χ0) is 11.5. The molecule has 1 aromatic rings. The molecular formula is C12H16BrNOS. The van der Waals surface area contributed by atoms with Crippen LogP contribution in [-0.2, 0) is 12.8 Å². The molecule has 0 saturated carbocycles. The number of benzene rings is 1. The molecule has 0 amide bonds. The molecule has 1 aliphatic heterocycles. The average molecular weight is 302 g/mol. The number of hydrogen-bond acceptors (Lipinski definition) is 3. The summed E-state index contributed by atoms with van der Waals surface area (Å²) in [5.74, 6) is 2.06. The molecule has 1 aliphatic rings. The predicted octanol–water partition coefficient (Wildman–Crippen LogP) is 2.62. The summed E-state index contributed by atoms with van der Waals surface area (Å²) in [7, 11) is 0. The van der Waals surface area contributed by atoms with Gasteiger partial charge in [-0.3, -0.25) is 0 Å². The lowest BCUT2D eigenvalue weighted by molar-refractivity contribution is 0.353. The summed E-state index contributed by atoms with van der Waals surface area (Å²) >= 11 is 5.33. The van der Waals surface area contributed by atoms with Gasteiger partial charge in [-0.25, -0.2) is 0 Å². The molecule has 0 spiro atoms. The van der Waals surface area contributed by atoms with E-state index in [0.717, 1.165) is 35.4 Å². The van der Waals surface area contributed by atoms with Crippen molar-refractivity contribution in [2.24, 2.45) is 5.73 Å². The monoisotopic (exact) mass is 301 g/mol. The first-order chi connectivity index (χ1) is 7.70. The largest absolute Gasteiger partial charge is 0.493 e. The van der Waals surface area contributed by atoms with E-state index in [1.165, 1.54) is 11.1 Å². The molecule has 88 valence electrons. The second kappa shape index (κ2) is 5.43. The van der Waals surface area contributed by atoms with E-state index in [2.05, 4.69) is 34.3 Å². The van der Waals surface area contributed by atoms with Crippen LogP contribution >= 0.6 is 27.7 Å². The number of nitrogens with two attached hydrogens (primary N) is 1. The van der Waals surface area contributed by atoms with Crippen LogP contribution in [0.25, 0.3) is 0 Å². The normalized spacial score (nSPS) is 15.7. The van der Waals surface area contributed by atoms with Gasteiger partial charge in [-0.15, -0.1) is 0 Å². The van der Waals surface area contributed by atoms with E-state index in [4.69, 9.17) is 10.5 Å². The standard InChI is InChI=1S/C12H16BrNOS/c1-16-7-11(14)6-9-5-10(13)4-8-2-3-15-12(8)9/h4-5,11H,2-3,6-7,14H2,1H3. The van der Waals surface area contributed by atoms with E-state index in [1.807, 2.05) is 0 Å². The fourth-order valence-electron chi connectivity index (χ4n) is 2.05. The lowest BCUT2D eigenvalue weighted by Crippen LogP contribution is -2.25. The van der Waals surface area contributed by atoms with Crippen LogP contribution in [0.4, 0.5) is 0 Å². The van der Waals surface area contributed by atoms with Crippen molar-refractivity contribution in [1.82, 2.24) is 0 Å². The van der Waals surface area contributed by atoms with Gasteiger partial charge in [-0.2, -0.15) is 11.8 Å². The van der Waals surface area contributed by atoms with Crippen molar-refractivity contribution < 1.29 is 4.74 Å². The summed E-state index contributed by atoms with van der Waals surface area (Å²) in [5, 5.41) is 0. The Balaban J connectivity index is 2.20. The Kier molecular flexibility index (Phi) is 4.16. The highest BCUT2D eigenvalue weighted by Gasteiger charge is 2.18. The minimum atomic E-state index is 0.206. The maximum atomic E-state index is 6.07. The molecule has 1 heterocycles. The van der Waals surface area contributed by atoms with Gasteiger partial charge in [0.1, 0.15) is 5.75 Å². The number of fused-ring (bicyclic) bond motifs is 1. The molecular weight excluding hydrogens is 286 g/mol. The number of rotatable bonds is 4. The van der Waals surface area contributed by atoms with E-state index in [0.29, 0.717) is 0 Å². The topological polar surface area (TPSA) is 35.2 Å². The van der Waals surface area contributed by atoms with E-state index in [9.17, 15) is 0 Å². The van der Waals surface area contributed by atoms with Crippen LogP contribution < -0.4 is 10.5 Å². The SMILES string of the molecule is CSCC(N)Cc1cc(Br)cc2c1OCC2. The molecule has 0 aliphatic carbocycles. The van der Waals surface area contributed by atoms with Gasteiger partial charge in [0.25, 0.3) is 0 Å². The Morgan fingerprint density at radius 1 is 1.56 bits per heavy atom. The quantitative estimate of drug-likeness (QED) is 0.928. The van der Waals surface area contributed by atoms with Crippen molar-refractivity contribution in [3.8, 4) is 5.75 Å². The molecule has 1 aromatic carbocycles. The molecule has 0 saturated heterocycles. The molecule has 1 atom stereocenters. The summed E-state index contributed by atoms with van der Waals surface area (Å²) in [5.41, 5.74) is 8.61. The molecule has 4 heteroatoms. The molecule has 2 rings (SSSR count). The first kappa shape index (κ1) is 12.3. The number of halogens is 1. The van der Waals surface area contributed by atoms with Crippen molar-refractivity contribution in [2.45, 2.75) is 18.9 Å². The third-order valence-corrected chi connectivity index (χ3v) is 3.91. The molecule has 0 radical (unpaired) electrons. The van der Waals surface area contributed by atoms with Crippen LogP contribution in [0.3, 0.4) is 0 Å². The second-order valence-corrected chi connectivity index (χ2v) is 5.90. The highest BCUT2D eigenvalue weighted by molar-refractivity contribution is 9.10. The summed E-state index contributed by atoms with van der Waals surface area (Å²) in [6.45, 7) is 0.802. The average Bonchev–Trinajstić information content (AvgIpc) is 2.65. The van der Waals surface area contributed by atoms with Crippen molar-refractivity contribution in [2.75, 3.05) is 18.6 Å². The van der Waals surface area contributed by atoms with Crippen molar-refractivity contribution in [1.29, 1.82) is 0 Å². The number of hydrogen-bond donors (Lipinski definition) is 1. The first-order valence-corrected chi connectivity index (χ1v) is 7.58. The Hall–Kier alpha value is -0.190. The van der Waals surface area contributed by atoms with Gasteiger partial charge in [0, 0.05) is 22.7 Å². The van der Waals surface area contributed by atoms with Crippen molar-refractivity contribution in [3.05, 3.63) is 27.7 Å². The maximum absolute atomic E-state index is 6.07. The van der Waals surface area contributed by atoms with Crippen LogP contribution in [0.1, 0.15) is 11.1 Å². The fourth-order valence-corrected chi connectivity index (χ4v) is 3.15. The third-order valence-electron chi connectivity index (χ3n) is 2.69. The van der Waals surface area contributed by atoms with Gasteiger partial charge < -0.3 is 10.5 Å². The predicted molar refractivity (Wildman–Crippen MR) is 73.4 cm³/mol. The molecule has 2 nitrogen and oxygen atoms in total. The summed E-state index contributed by atoms with van der Waals surface area (Å²) in [6.07, 6.45) is 3.99. The zero-order valence-corrected chi connectivity index (χ0v) is 11.7. The highest BCUT2D eigenvalue weighted by atomic mass is 79.9. The Labute approximate surface area is 109 Å². The van der Waals surface area contributed by atoms with Crippen LogP contribution in [0.15, 0.2) is 16.6 Å². The van der Waals surface area contributed by atoms with Crippen molar-refractivity contribution >= 4 is 27.7 Å². The number of thioether (sulfide) groups is 1. The Bertz CT molecular complexity index is 384. The second-order valence-electron chi connectivity index (χ2n) is 4.07. The van der Waals surface area contributed by atoms with Gasteiger partial charge in [0.05, 0.1) is 6.61 Å². The zero-order valence-electron chi connectivity index (χ0n) is 9.33. The van der Waals surface area contributed by atoms with Crippen LogP contribution in [-0.4, -0.2) is 24.7 Å². The Morgan fingerprint density at radius 3 is 3.12 bits per heavy atom. The van der Waals surface area contributed by atoms with Gasteiger partial charge >= 0.3 is 0 Å². The van der Waals surface area contributed by atoms with E-state index >= 15 is 0 Å². The summed E-state index contributed by atoms with van der Waals surface area (Å²) < 4.78 is 6.81. The Morgan fingerprint density at radius 2 is 2.38 bits per heavy atom. The van der Waals surface area contributed by atoms with Crippen LogP contribution in [0.2, 0.25) is 0 Å². The minimum Gasteiger partial charge on any atom is -0.493 e. The first-order valence-electron chi connectivity index (χ1n) is 5.39. The van der Waals surface area contributed by atoms with Crippen LogP contribution in [0, 0.1) is 0 Å². The van der Waals surface area contributed by atoms with Crippen LogP contribution in [0.5, 0.6) is 5.75 Å². The summed E-state index contributed by atoms with van der Waals surface area (Å²) in [4.78, 5) is 0. The molecule has 0 fully saturated rings. The molecule has 16 heavy (non-hydrogen) atoms.